The number of para-hydroxylation sites is 1. The summed E-state index contributed by atoms with van der Waals surface area (Å²) in [5.74, 6) is -0.896. The minimum Gasteiger partial charge on any atom is -0.344 e. The van der Waals surface area contributed by atoms with Crippen LogP contribution < -0.4 is 11.1 Å². The van der Waals surface area contributed by atoms with E-state index in [9.17, 15) is 18.0 Å². The standard InChI is InChI=1S/C31H29F3N6OS/c32-31(33,34)28-9-5-4-6-24(28)19-39(30(42)38-26-7-2-1-3-8-26)20-25(16-36)29(41)14-27-17-37-21-40(27)18-23-12-10-22(15-35)11-13-23/h1-13,17,21,25H,14,16,18-20,36H2,(H,38,42)/t25-/m0/s1. The number of nitriles is 1. The molecule has 0 unspecified atom stereocenters. The Morgan fingerprint density at radius 1 is 1.07 bits per heavy atom. The third-order valence-electron chi connectivity index (χ3n) is 6.77. The summed E-state index contributed by atoms with van der Waals surface area (Å²) in [7, 11) is 0. The Morgan fingerprint density at radius 3 is 2.43 bits per heavy atom. The predicted molar refractivity (Wildman–Crippen MR) is 158 cm³/mol. The smallest absolute Gasteiger partial charge is 0.344 e. The monoisotopic (exact) mass is 590 g/mol. The van der Waals surface area contributed by atoms with Crippen LogP contribution in [0.3, 0.4) is 0 Å². The molecule has 0 bridgehead atoms. The number of nitrogens with one attached hydrogen (secondary N) is 1. The Hall–Kier alpha value is -4.53. The SMILES string of the molecule is N#Cc1ccc(Cn2cncc2CC(=O)[C@@H](CN)CN(Cc2ccccc2C(F)(F)F)C(=S)Nc2ccccc2)cc1. The van der Waals surface area contributed by atoms with Crippen LogP contribution >= 0.6 is 12.2 Å². The van der Waals surface area contributed by atoms with Gasteiger partial charge in [-0.1, -0.05) is 48.5 Å². The number of anilines is 1. The number of hydrogen-bond donors (Lipinski definition) is 2. The van der Waals surface area contributed by atoms with Crippen LogP contribution in [-0.4, -0.2) is 38.4 Å². The van der Waals surface area contributed by atoms with Crippen LogP contribution in [-0.2, 0) is 30.5 Å². The molecule has 11 heteroatoms. The van der Waals surface area contributed by atoms with Gasteiger partial charge < -0.3 is 20.5 Å². The molecule has 1 aromatic heterocycles. The van der Waals surface area contributed by atoms with Gasteiger partial charge in [-0.05, 0) is 53.7 Å². The number of carbonyl (C=O) groups is 1. The van der Waals surface area contributed by atoms with E-state index in [2.05, 4.69) is 16.4 Å². The van der Waals surface area contributed by atoms with Gasteiger partial charge in [0.25, 0.3) is 0 Å². The molecule has 7 nitrogen and oxygen atoms in total. The molecule has 0 aliphatic rings. The van der Waals surface area contributed by atoms with E-state index in [0.717, 1.165) is 11.6 Å². The lowest BCUT2D eigenvalue weighted by atomic mass is 9.99. The molecule has 3 aromatic carbocycles. The van der Waals surface area contributed by atoms with Crippen molar-refractivity contribution >= 4 is 28.8 Å². The fourth-order valence-corrected chi connectivity index (χ4v) is 4.76. The molecule has 4 rings (SSSR count). The van der Waals surface area contributed by atoms with Gasteiger partial charge in [0, 0.05) is 56.1 Å². The van der Waals surface area contributed by atoms with Crippen molar-refractivity contribution in [1.29, 1.82) is 5.26 Å². The highest BCUT2D eigenvalue weighted by Crippen LogP contribution is 2.32. The molecule has 0 aliphatic carbocycles. The molecule has 1 heterocycles. The second kappa shape index (κ2) is 13.9. The molecule has 42 heavy (non-hydrogen) atoms. The Labute approximate surface area is 247 Å². The van der Waals surface area contributed by atoms with Crippen LogP contribution in [0.4, 0.5) is 18.9 Å². The van der Waals surface area contributed by atoms with Crippen molar-refractivity contribution in [3.05, 3.63) is 119 Å². The fraction of sp³-hybridized carbons (Fsp3) is 0.226. The maximum absolute atomic E-state index is 13.8. The first-order valence-electron chi connectivity index (χ1n) is 13.1. The van der Waals surface area contributed by atoms with Crippen molar-refractivity contribution in [1.82, 2.24) is 14.5 Å². The van der Waals surface area contributed by atoms with Crippen LogP contribution in [0.1, 0.15) is 27.9 Å². The third kappa shape index (κ3) is 8.02. The van der Waals surface area contributed by atoms with E-state index >= 15 is 0 Å². The highest BCUT2D eigenvalue weighted by atomic mass is 32.1. The molecule has 0 fully saturated rings. The van der Waals surface area contributed by atoms with Gasteiger partial charge in [0.1, 0.15) is 5.78 Å². The molecule has 4 aromatic rings. The number of nitrogens with two attached hydrogens (primary N) is 1. The van der Waals surface area contributed by atoms with Crippen LogP contribution in [0.5, 0.6) is 0 Å². The maximum Gasteiger partial charge on any atom is 0.416 e. The largest absolute Gasteiger partial charge is 0.416 e. The van der Waals surface area contributed by atoms with Crippen molar-refractivity contribution in [3.8, 4) is 6.07 Å². The zero-order valence-electron chi connectivity index (χ0n) is 22.6. The number of thiocarbonyl (C=S) groups is 1. The van der Waals surface area contributed by atoms with Gasteiger partial charge in [0.15, 0.2) is 5.11 Å². The number of rotatable bonds is 11. The van der Waals surface area contributed by atoms with Gasteiger partial charge in [-0.2, -0.15) is 18.4 Å². The molecule has 3 N–H and O–H groups in total. The Kier molecular flexibility index (Phi) is 10.1. The number of nitrogens with zero attached hydrogens (tertiary/aromatic N) is 4. The Balaban J connectivity index is 1.53. The number of hydrogen-bond acceptors (Lipinski definition) is 5. The van der Waals surface area contributed by atoms with Crippen LogP contribution in [0.25, 0.3) is 0 Å². The maximum atomic E-state index is 13.8. The molecular formula is C31H29F3N6OS. The molecule has 0 saturated carbocycles. The lowest BCUT2D eigenvalue weighted by Gasteiger charge is -2.30. The number of carbonyl (C=O) groups excluding carboxylic acids is 1. The van der Waals surface area contributed by atoms with E-state index in [1.54, 1.807) is 41.7 Å². The molecule has 0 saturated heterocycles. The summed E-state index contributed by atoms with van der Waals surface area (Å²) in [6, 6.07) is 23.5. The molecule has 0 aliphatic heterocycles. The zero-order chi connectivity index (χ0) is 30.1. The average molecular weight is 591 g/mol. The van der Waals surface area contributed by atoms with Gasteiger partial charge in [-0.3, -0.25) is 4.79 Å². The number of aromatic nitrogens is 2. The second-order valence-electron chi connectivity index (χ2n) is 9.73. The summed E-state index contributed by atoms with van der Waals surface area (Å²) in [4.78, 5) is 19.2. The van der Waals surface area contributed by atoms with Gasteiger partial charge in [-0.15, -0.1) is 0 Å². The predicted octanol–water partition coefficient (Wildman–Crippen LogP) is 5.41. The van der Waals surface area contributed by atoms with E-state index < -0.39 is 17.7 Å². The number of imidazole rings is 1. The molecule has 0 radical (unpaired) electrons. The van der Waals surface area contributed by atoms with Crippen molar-refractivity contribution in [3.63, 3.8) is 0 Å². The lowest BCUT2D eigenvalue weighted by molar-refractivity contribution is -0.138. The van der Waals surface area contributed by atoms with E-state index in [-0.39, 0.29) is 42.5 Å². The van der Waals surface area contributed by atoms with Gasteiger partial charge in [0.2, 0.25) is 0 Å². The fourth-order valence-electron chi connectivity index (χ4n) is 4.50. The van der Waals surface area contributed by atoms with Crippen molar-refractivity contribution in [2.75, 3.05) is 18.4 Å². The molecule has 0 spiro atoms. The second-order valence-corrected chi connectivity index (χ2v) is 10.1. The number of ketones is 1. The van der Waals surface area contributed by atoms with Crippen molar-refractivity contribution in [2.45, 2.75) is 25.7 Å². The topological polar surface area (TPSA) is 100.0 Å². The summed E-state index contributed by atoms with van der Waals surface area (Å²) < 4.78 is 43.2. The minimum absolute atomic E-state index is 0.0178. The van der Waals surface area contributed by atoms with Crippen LogP contribution in [0, 0.1) is 17.2 Å². The normalized spacial score (nSPS) is 11.9. The van der Waals surface area contributed by atoms with E-state index in [1.807, 2.05) is 34.9 Å². The Bertz CT molecular complexity index is 1550. The highest BCUT2D eigenvalue weighted by molar-refractivity contribution is 7.80. The molecule has 216 valence electrons. The first-order valence-corrected chi connectivity index (χ1v) is 13.6. The Morgan fingerprint density at radius 2 is 1.76 bits per heavy atom. The first-order chi connectivity index (χ1) is 20.2. The number of benzene rings is 3. The molecular weight excluding hydrogens is 561 g/mol. The van der Waals surface area contributed by atoms with Gasteiger partial charge in [0.05, 0.1) is 23.5 Å². The zero-order valence-corrected chi connectivity index (χ0v) is 23.4. The highest BCUT2D eigenvalue weighted by Gasteiger charge is 2.34. The van der Waals surface area contributed by atoms with Gasteiger partial charge >= 0.3 is 6.18 Å². The quantitative estimate of drug-likeness (QED) is 0.226. The van der Waals surface area contributed by atoms with Crippen molar-refractivity contribution in [2.24, 2.45) is 11.7 Å². The number of halogens is 3. The first kappa shape index (κ1) is 30.4. The average Bonchev–Trinajstić information content (AvgIpc) is 3.41. The summed E-state index contributed by atoms with van der Waals surface area (Å²) in [6.07, 6.45) is -1.29. The summed E-state index contributed by atoms with van der Waals surface area (Å²) in [6.45, 7) is 0.277. The third-order valence-corrected chi connectivity index (χ3v) is 7.13. The van der Waals surface area contributed by atoms with Crippen molar-refractivity contribution < 1.29 is 18.0 Å². The summed E-state index contributed by atoms with van der Waals surface area (Å²) >= 11 is 5.62. The van der Waals surface area contributed by atoms with E-state index in [1.165, 1.54) is 18.2 Å². The summed E-state index contributed by atoms with van der Waals surface area (Å²) in [5, 5.41) is 12.3. The van der Waals surface area contributed by atoms with E-state index in [4.69, 9.17) is 23.2 Å². The van der Waals surface area contributed by atoms with Gasteiger partial charge in [-0.25, -0.2) is 4.98 Å². The summed E-state index contributed by atoms with van der Waals surface area (Å²) in [5.41, 5.74) is 8.13. The number of alkyl halides is 3. The van der Waals surface area contributed by atoms with E-state index in [0.29, 0.717) is 23.5 Å². The molecule has 1 atom stereocenters. The minimum atomic E-state index is -4.55. The van der Waals surface area contributed by atoms with Crippen LogP contribution in [0.15, 0.2) is 91.4 Å². The van der Waals surface area contributed by atoms with Crippen LogP contribution in [0.2, 0.25) is 0 Å². The molecule has 0 amide bonds. The lowest BCUT2D eigenvalue weighted by Crippen LogP contribution is -2.43. The number of Topliss-reactive ketones (excluding diaryl/α,β-unsaturated/α-hetero) is 1.